The number of rotatable bonds is 5. The van der Waals surface area contributed by atoms with Crippen LogP contribution >= 0.6 is 11.3 Å². The summed E-state index contributed by atoms with van der Waals surface area (Å²) in [6.07, 6.45) is 0.679. The maximum atomic E-state index is 12.9. The number of aryl methyl sites for hydroxylation is 1. The monoisotopic (exact) mass is 434 g/mol. The lowest BCUT2D eigenvalue weighted by molar-refractivity contribution is 0.212. The summed E-state index contributed by atoms with van der Waals surface area (Å²) in [6.45, 7) is 4.22. The van der Waals surface area contributed by atoms with E-state index in [1.54, 1.807) is 24.3 Å². The van der Waals surface area contributed by atoms with Crippen LogP contribution in [0.15, 0.2) is 51.5 Å². The highest BCUT2D eigenvalue weighted by molar-refractivity contribution is 7.89. The van der Waals surface area contributed by atoms with Gasteiger partial charge in [-0.15, -0.1) is 11.3 Å². The van der Waals surface area contributed by atoms with Gasteiger partial charge in [0.25, 0.3) is 0 Å². The van der Waals surface area contributed by atoms with Gasteiger partial charge in [-0.2, -0.15) is 13.7 Å². The predicted molar refractivity (Wildman–Crippen MR) is 110 cm³/mol. The van der Waals surface area contributed by atoms with Crippen molar-refractivity contribution in [1.82, 2.24) is 29.0 Å². The molecule has 4 rings (SSSR count). The normalized spacial score (nSPS) is 16.7. The maximum Gasteiger partial charge on any atom is 0.370 e. The van der Waals surface area contributed by atoms with Crippen LogP contribution in [0.1, 0.15) is 12.0 Å². The van der Waals surface area contributed by atoms with Gasteiger partial charge in [0.15, 0.2) is 0 Å². The highest BCUT2D eigenvalue weighted by Crippen LogP contribution is 2.18. The van der Waals surface area contributed by atoms with Crippen LogP contribution in [0, 0.1) is 6.92 Å². The molecular weight excluding hydrogens is 412 g/mol. The van der Waals surface area contributed by atoms with Crippen LogP contribution in [0.25, 0.3) is 5.00 Å². The fourth-order valence-corrected chi connectivity index (χ4v) is 5.41. The van der Waals surface area contributed by atoms with Gasteiger partial charge < -0.3 is 0 Å². The van der Waals surface area contributed by atoms with Crippen LogP contribution in [-0.2, 0) is 16.7 Å². The molecule has 1 aliphatic heterocycles. The van der Waals surface area contributed by atoms with Gasteiger partial charge in [-0.25, -0.2) is 13.2 Å². The van der Waals surface area contributed by atoms with Gasteiger partial charge in [0, 0.05) is 26.2 Å². The zero-order chi connectivity index (χ0) is 20.4. The van der Waals surface area contributed by atoms with Crippen LogP contribution in [0.2, 0.25) is 0 Å². The average Bonchev–Trinajstić information content (AvgIpc) is 3.27. The molecule has 0 aliphatic carbocycles. The standard InChI is InChI=1S/C18H22N6O3S2/c1-15-5-7-16(8-6-15)29(26,27)22-10-3-9-21(11-12-22)14-23-18(25)24(20-19-23)17-4-2-13-28-17/h2,4-8,13H,3,9-12,14H2,1H3. The second kappa shape index (κ2) is 8.19. The lowest BCUT2D eigenvalue weighted by atomic mass is 10.2. The molecule has 1 aromatic carbocycles. The minimum atomic E-state index is -3.52. The molecule has 11 heteroatoms. The Morgan fingerprint density at radius 3 is 2.55 bits per heavy atom. The topological polar surface area (TPSA) is 93.3 Å². The SMILES string of the molecule is Cc1ccc(S(=O)(=O)N2CCCN(Cn3nnn(-c4cccs4)c3=O)CC2)cc1. The molecule has 2 aromatic heterocycles. The molecule has 0 spiro atoms. The number of nitrogens with zero attached hydrogens (tertiary/aromatic N) is 6. The van der Waals surface area contributed by atoms with Gasteiger partial charge in [-0.1, -0.05) is 17.7 Å². The van der Waals surface area contributed by atoms with Gasteiger partial charge in [0.05, 0.1) is 4.90 Å². The van der Waals surface area contributed by atoms with Crippen molar-refractivity contribution >= 4 is 21.4 Å². The number of hydrogen-bond donors (Lipinski definition) is 0. The molecular formula is C18H22N6O3S2. The minimum absolute atomic E-state index is 0.280. The van der Waals surface area contributed by atoms with E-state index in [9.17, 15) is 13.2 Å². The lowest BCUT2D eigenvalue weighted by Crippen LogP contribution is -2.37. The van der Waals surface area contributed by atoms with E-state index in [4.69, 9.17) is 0 Å². The molecule has 3 heterocycles. The molecule has 0 atom stereocenters. The van der Waals surface area contributed by atoms with E-state index in [1.807, 2.05) is 29.3 Å². The Morgan fingerprint density at radius 2 is 1.83 bits per heavy atom. The highest BCUT2D eigenvalue weighted by atomic mass is 32.2. The molecule has 1 fully saturated rings. The summed E-state index contributed by atoms with van der Waals surface area (Å²) in [5, 5.41) is 10.5. The quantitative estimate of drug-likeness (QED) is 0.598. The van der Waals surface area contributed by atoms with Crippen LogP contribution in [0.3, 0.4) is 0 Å². The van der Waals surface area contributed by atoms with E-state index in [0.717, 1.165) is 5.56 Å². The van der Waals surface area contributed by atoms with Crippen molar-refractivity contribution in [1.29, 1.82) is 0 Å². The van der Waals surface area contributed by atoms with Gasteiger partial charge in [-0.3, -0.25) is 4.90 Å². The first kappa shape index (κ1) is 20.0. The first-order valence-electron chi connectivity index (χ1n) is 9.31. The van der Waals surface area contributed by atoms with Gasteiger partial charge in [0.1, 0.15) is 11.7 Å². The van der Waals surface area contributed by atoms with E-state index < -0.39 is 10.0 Å². The number of benzene rings is 1. The zero-order valence-corrected chi connectivity index (χ0v) is 17.6. The number of tetrazole rings is 1. The highest BCUT2D eigenvalue weighted by Gasteiger charge is 2.27. The lowest BCUT2D eigenvalue weighted by Gasteiger charge is -2.21. The fourth-order valence-electron chi connectivity index (χ4n) is 3.27. The Labute approximate surface area is 172 Å². The molecule has 0 radical (unpaired) electrons. The predicted octanol–water partition coefficient (Wildman–Crippen LogP) is 1.15. The fraction of sp³-hybridized carbons (Fsp3) is 0.389. The van der Waals surface area contributed by atoms with Crippen molar-refractivity contribution < 1.29 is 8.42 Å². The summed E-state index contributed by atoms with van der Waals surface area (Å²) >= 11 is 1.41. The third kappa shape index (κ3) is 4.17. The minimum Gasteiger partial charge on any atom is -0.283 e. The van der Waals surface area contributed by atoms with Crippen LogP contribution in [0.5, 0.6) is 0 Å². The second-order valence-corrected chi connectivity index (χ2v) is 9.82. The van der Waals surface area contributed by atoms with Crippen molar-refractivity contribution in [3.05, 3.63) is 57.8 Å². The molecule has 0 unspecified atom stereocenters. The van der Waals surface area contributed by atoms with Crippen molar-refractivity contribution in [3.63, 3.8) is 0 Å². The van der Waals surface area contributed by atoms with E-state index in [0.29, 0.717) is 42.5 Å². The van der Waals surface area contributed by atoms with E-state index in [2.05, 4.69) is 10.4 Å². The molecule has 0 N–H and O–H groups in total. The van der Waals surface area contributed by atoms with Gasteiger partial charge in [0.2, 0.25) is 10.0 Å². The Kier molecular flexibility index (Phi) is 5.63. The van der Waals surface area contributed by atoms with Gasteiger partial charge in [-0.05, 0) is 53.4 Å². The van der Waals surface area contributed by atoms with Crippen molar-refractivity contribution in [2.75, 3.05) is 26.2 Å². The first-order chi connectivity index (χ1) is 13.9. The number of aromatic nitrogens is 4. The Hall–Kier alpha value is -2.34. The second-order valence-electron chi connectivity index (χ2n) is 6.95. The summed E-state index contributed by atoms with van der Waals surface area (Å²) in [7, 11) is -3.52. The van der Waals surface area contributed by atoms with Crippen molar-refractivity contribution in [2.24, 2.45) is 0 Å². The number of hydrogen-bond acceptors (Lipinski definition) is 7. The molecule has 29 heavy (non-hydrogen) atoms. The summed E-state index contributed by atoms with van der Waals surface area (Å²) in [4.78, 5) is 14.9. The summed E-state index contributed by atoms with van der Waals surface area (Å²) in [5.41, 5.74) is 0.716. The number of sulfonamides is 1. The molecule has 0 amide bonds. The first-order valence-corrected chi connectivity index (χ1v) is 11.6. The van der Waals surface area contributed by atoms with Crippen LogP contribution in [0.4, 0.5) is 0 Å². The largest absolute Gasteiger partial charge is 0.370 e. The van der Waals surface area contributed by atoms with Crippen LogP contribution in [-0.4, -0.2) is 63.6 Å². The molecule has 1 aliphatic rings. The molecule has 1 saturated heterocycles. The molecule has 0 saturated carbocycles. The van der Waals surface area contributed by atoms with E-state index in [1.165, 1.54) is 25.0 Å². The third-order valence-corrected chi connectivity index (χ3v) is 7.65. The van der Waals surface area contributed by atoms with E-state index in [-0.39, 0.29) is 12.4 Å². The smallest absolute Gasteiger partial charge is 0.283 e. The maximum absolute atomic E-state index is 12.9. The van der Waals surface area contributed by atoms with Crippen molar-refractivity contribution in [2.45, 2.75) is 24.9 Å². The van der Waals surface area contributed by atoms with Crippen LogP contribution < -0.4 is 5.69 Å². The number of thiophene rings is 1. The molecule has 154 valence electrons. The molecule has 3 aromatic rings. The Morgan fingerprint density at radius 1 is 1.03 bits per heavy atom. The third-order valence-electron chi connectivity index (χ3n) is 4.89. The van der Waals surface area contributed by atoms with E-state index >= 15 is 0 Å². The summed E-state index contributed by atoms with van der Waals surface area (Å²) in [6, 6.07) is 10.6. The summed E-state index contributed by atoms with van der Waals surface area (Å²) in [5.74, 6) is 0. The Balaban J connectivity index is 1.44. The average molecular weight is 435 g/mol. The van der Waals surface area contributed by atoms with Gasteiger partial charge >= 0.3 is 5.69 Å². The molecule has 0 bridgehead atoms. The van der Waals surface area contributed by atoms with Crippen molar-refractivity contribution in [3.8, 4) is 5.00 Å². The zero-order valence-electron chi connectivity index (χ0n) is 16.0. The Bertz CT molecular complexity index is 1120. The summed E-state index contributed by atoms with van der Waals surface area (Å²) < 4.78 is 30.0. The molecule has 9 nitrogen and oxygen atoms in total.